The van der Waals surface area contributed by atoms with Crippen molar-refractivity contribution in [3.8, 4) is 5.75 Å². The summed E-state index contributed by atoms with van der Waals surface area (Å²) in [6.45, 7) is 0.488. The quantitative estimate of drug-likeness (QED) is 0.892. The van der Waals surface area contributed by atoms with Crippen molar-refractivity contribution in [1.29, 1.82) is 4.78 Å². The molecule has 126 valence electrons. The predicted molar refractivity (Wildman–Crippen MR) is 83.6 cm³/mol. The maximum absolute atomic E-state index is 14.2. The molecule has 2 fully saturated rings. The monoisotopic (exact) mass is 341 g/mol. The number of halogens is 1. The van der Waals surface area contributed by atoms with Crippen LogP contribution in [0.3, 0.4) is 0 Å². The molecule has 1 spiro atoms. The van der Waals surface area contributed by atoms with Crippen LogP contribution in [0.25, 0.3) is 0 Å². The van der Waals surface area contributed by atoms with Crippen LogP contribution in [0.1, 0.15) is 36.2 Å². The van der Waals surface area contributed by atoms with Crippen LogP contribution in [0, 0.1) is 10.6 Å². The molecule has 2 saturated heterocycles. The molecule has 1 aromatic rings. The van der Waals surface area contributed by atoms with Gasteiger partial charge < -0.3 is 9.64 Å². The summed E-state index contributed by atoms with van der Waals surface area (Å²) in [6.07, 6.45) is 4.18. The number of nitrogens with zero attached hydrogens (tertiary/aromatic N) is 2. The number of nitrogens with one attached hydrogen (secondary N) is 1. The van der Waals surface area contributed by atoms with E-state index in [0.717, 1.165) is 12.5 Å². The van der Waals surface area contributed by atoms with Crippen LogP contribution >= 0.6 is 0 Å². The maximum atomic E-state index is 14.2. The smallest absolute Gasteiger partial charge is 0.275 e. The summed E-state index contributed by atoms with van der Waals surface area (Å²) in [7, 11) is -1.27. The van der Waals surface area contributed by atoms with Crippen molar-refractivity contribution in [2.75, 3.05) is 25.2 Å². The van der Waals surface area contributed by atoms with Gasteiger partial charge in [0.2, 0.25) is 0 Å². The zero-order chi connectivity index (χ0) is 16.7. The first-order valence-corrected chi connectivity index (χ1v) is 9.52. The Labute approximate surface area is 135 Å². The highest BCUT2D eigenvalue weighted by molar-refractivity contribution is 7.92. The summed E-state index contributed by atoms with van der Waals surface area (Å²) < 4.78 is 39.2. The highest BCUT2D eigenvalue weighted by atomic mass is 32.2. The largest absolute Gasteiger partial charge is 0.495 e. The van der Waals surface area contributed by atoms with Crippen molar-refractivity contribution in [3.05, 3.63) is 23.8 Å². The van der Waals surface area contributed by atoms with E-state index in [1.165, 1.54) is 13.3 Å². The van der Waals surface area contributed by atoms with Crippen molar-refractivity contribution < 1.29 is 18.1 Å². The third-order valence-electron chi connectivity index (χ3n) is 4.71. The molecule has 1 aromatic heterocycles. The third-order valence-corrected chi connectivity index (χ3v) is 6.67. The Bertz CT molecular complexity index is 737. The number of pyridine rings is 1. The number of hydrogen-bond donors (Lipinski definition) is 1. The van der Waals surface area contributed by atoms with Crippen molar-refractivity contribution >= 4 is 15.6 Å². The van der Waals surface area contributed by atoms with E-state index in [-0.39, 0.29) is 17.2 Å². The minimum atomic E-state index is -2.67. The van der Waals surface area contributed by atoms with Crippen molar-refractivity contribution in [2.24, 2.45) is 0 Å². The van der Waals surface area contributed by atoms with Crippen LogP contribution < -0.4 is 4.74 Å². The topological polar surface area (TPSA) is 83.3 Å². The fourth-order valence-corrected chi connectivity index (χ4v) is 5.76. The van der Waals surface area contributed by atoms with E-state index >= 15 is 0 Å². The number of amides is 1. The van der Waals surface area contributed by atoms with E-state index < -0.39 is 27.0 Å². The minimum Gasteiger partial charge on any atom is -0.495 e. The van der Waals surface area contributed by atoms with Gasteiger partial charge in [-0.2, -0.15) is 0 Å². The van der Waals surface area contributed by atoms with Gasteiger partial charge in [0.25, 0.3) is 5.91 Å². The van der Waals surface area contributed by atoms with Crippen LogP contribution in [0.4, 0.5) is 4.39 Å². The second kappa shape index (κ2) is 5.74. The van der Waals surface area contributed by atoms with E-state index in [1.807, 2.05) is 0 Å². The van der Waals surface area contributed by atoms with Gasteiger partial charge in [0, 0.05) is 28.1 Å². The third kappa shape index (κ3) is 2.91. The fourth-order valence-electron chi connectivity index (χ4n) is 3.70. The number of likely N-dealkylation sites (tertiary alicyclic amines) is 1. The van der Waals surface area contributed by atoms with Gasteiger partial charge in [-0.15, -0.1) is 0 Å². The van der Waals surface area contributed by atoms with Gasteiger partial charge in [0.15, 0.2) is 11.5 Å². The Kier molecular flexibility index (Phi) is 4.03. The molecule has 8 heteroatoms. The lowest BCUT2D eigenvalue weighted by atomic mass is 9.92. The Balaban J connectivity index is 1.92. The van der Waals surface area contributed by atoms with E-state index in [4.69, 9.17) is 9.52 Å². The summed E-state index contributed by atoms with van der Waals surface area (Å²) in [5, 5.41) is 0. The van der Waals surface area contributed by atoms with Gasteiger partial charge in [-0.25, -0.2) is 13.6 Å². The lowest BCUT2D eigenvalue weighted by Crippen LogP contribution is -2.54. The SMILES string of the molecule is COc1cnc(C(=O)N2CCCC23CCCS(=N)(=O)C3)c(F)c1. The molecule has 0 radical (unpaired) electrons. The molecule has 23 heavy (non-hydrogen) atoms. The number of aromatic nitrogens is 1. The van der Waals surface area contributed by atoms with Gasteiger partial charge in [-0.05, 0) is 25.7 Å². The molecule has 3 rings (SSSR count). The van der Waals surface area contributed by atoms with E-state index in [0.29, 0.717) is 31.6 Å². The molecule has 0 bridgehead atoms. The average Bonchev–Trinajstić information content (AvgIpc) is 2.87. The Morgan fingerprint density at radius 2 is 2.22 bits per heavy atom. The van der Waals surface area contributed by atoms with E-state index in [2.05, 4.69) is 4.98 Å². The molecule has 3 heterocycles. The molecule has 0 saturated carbocycles. The van der Waals surface area contributed by atoms with E-state index in [9.17, 15) is 13.4 Å². The highest BCUT2D eigenvalue weighted by Gasteiger charge is 2.48. The van der Waals surface area contributed by atoms with Gasteiger partial charge in [0.1, 0.15) is 5.75 Å². The van der Waals surface area contributed by atoms with Crippen LogP contribution in [-0.2, 0) is 9.73 Å². The Morgan fingerprint density at radius 3 is 2.87 bits per heavy atom. The minimum absolute atomic E-state index is 0.184. The number of rotatable bonds is 2. The first-order chi connectivity index (χ1) is 10.9. The Morgan fingerprint density at radius 1 is 1.48 bits per heavy atom. The number of methoxy groups -OCH3 is 1. The number of ether oxygens (including phenoxy) is 1. The first kappa shape index (κ1) is 16.2. The molecular weight excluding hydrogens is 321 g/mol. The van der Waals surface area contributed by atoms with E-state index in [1.54, 1.807) is 4.90 Å². The number of carbonyl (C=O) groups excluding carboxylic acids is 1. The number of hydrogen-bond acceptors (Lipinski definition) is 5. The molecule has 1 amide bonds. The standard InChI is InChI=1S/C15H20FN3O3S/c1-22-11-8-12(16)13(18-9-11)14(20)19-6-2-4-15(19)5-3-7-23(17,21)10-15/h8-9,17H,2-7,10H2,1H3. The van der Waals surface area contributed by atoms with Gasteiger partial charge in [0.05, 0.1) is 24.6 Å². The second-order valence-corrected chi connectivity index (χ2v) is 8.57. The molecule has 2 aliphatic rings. The summed E-state index contributed by atoms with van der Waals surface area (Å²) in [5.41, 5.74) is -0.823. The van der Waals surface area contributed by atoms with Gasteiger partial charge >= 0.3 is 0 Å². The first-order valence-electron chi connectivity index (χ1n) is 7.63. The molecule has 2 aliphatic heterocycles. The second-order valence-electron chi connectivity index (χ2n) is 6.25. The molecule has 6 nitrogen and oxygen atoms in total. The predicted octanol–water partition coefficient (Wildman–Crippen LogP) is 2.04. The van der Waals surface area contributed by atoms with Crippen molar-refractivity contribution in [1.82, 2.24) is 9.88 Å². The molecule has 2 unspecified atom stereocenters. The maximum Gasteiger partial charge on any atom is 0.275 e. The van der Waals surface area contributed by atoms with Crippen LogP contribution in [0.15, 0.2) is 12.3 Å². The molecule has 0 aromatic carbocycles. The lowest BCUT2D eigenvalue weighted by molar-refractivity contribution is 0.0597. The molecular formula is C15H20FN3O3S. The van der Waals surface area contributed by atoms with Crippen LogP contribution in [0.5, 0.6) is 5.75 Å². The zero-order valence-corrected chi connectivity index (χ0v) is 13.8. The normalized spacial score (nSPS) is 30.6. The Hall–Kier alpha value is -1.70. The van der Waals surface area contributed by atoms with Crippen LogP contribution in [-0.4, -0.2) is 50.7 Å². The van der Waals surface area contributed by atoms with Gasteiger partial charge in [-0.3, -0.25) is 9.57 Å². The molecule has 0 aliphatic carbocycles. The van der Waals surface area contributed by atoms with Gasteiger partial charge in [-0.1, -0.05) is 0 Å². The highest BCUT2D eigenvalue weighted by Crippen LogP contribution is 2.39. The average molecular weight is 341 g/mol. The molecule has 2 atom stereocenters. The molecule has 1 N–H and O–H groups in total. The summed E-state index contributed by atoms with van der Waals surface area (Å²) in [6, 6.07) is 1.14. The summed E-state index contributed by atoms with van der Waals surface area (Å²) in [5.74, 6) is -0.393. The summed E-state index contributed by atoms with van der Waals surface area (Å²) >= 11 is 0. The lowest BCUT2D eigenvalue weighted by Gasteiger charge is -2.41. The zero-order valence-electron chi connectivity index (χ0n) is 13.0. The fraction of sp³-hybridized carbons (Fsp3) is 0.600. The number of carbonyl (C=O) groups is 1. The van der Waals surface area contributed by atoms with Crippen molar-refractivity contribution in [3.63, 3.8) is 0 Å². The van der Waals surface area contributed by atoms with Crippen LogP contribution in [0.2, 0.25) is 0 Å². The van der Waals surface area contributed by atoms with Crippen molar-refractivity contribution in [2.45, 2.75) is 31.2 Å². The summed E-state index contributed by atoms with van der Waals surface area (Å²) in [4.78, 5) is 18.3.